The number of nitrogens with one attached hydrogen (secondary N) is 1. The summed E-state index contributed by atoms with van der Waals surface area (Å²) in [6, 6.07) is 27.8. The Balaban J connectivity index is 1.42. The van der Waals surface area contributed by atoms with Crippen LogP contribution < -0.4 is 15.8 Å². The minimum Gasteiger partial charge on any atom is -0.494 e. The van der Waals surface area contributed by atoms with Gasteiger partial charge in [-0.1, -0.05) is 72.0 Å². The molecule has 0 unspecified atom stereocenters. The number of anilines is 2. The summed E-state index contributed by atoms with van der Waals surface area (Å²) in [5.41, 5.74) is 11.6. The number of nitrogen functional groups attached to an aromatic ring is 1. The Labute approximate surface area is 221 Å². The first-order valence-corrected chi connectivity index (χ1v) is 13.4. The molecule has 0 aliphatic carbocycles. The van der Waals surface area contributed by atoms with Gasteiger partial charge in [-0.15, -0.1) is 11.3 Å². The van der Waals surface area contributed by atoms with Crippen LogP contribution in [0.1, 0.15) is 16.6 Å². The van der Waals surface area contributed by atoms with Gasteiger partial charge in [0.2, 0.25) is 0 Å². The van der Waals surface area contributed by atoms with Gasteiger partial charge in [0.15, 0.2) is 5.13 Å². The van der Waals surface area contributed by atoms with Crippen LogP contribution in [-0.2, 0) is 0 Å². The summed E-state index contributed by atoms with van der Waals surface area (Å²) in [6.07, 6.45) is 0. The number of rotatable bonds is 6. The normalized spacial score (nSPS) is 11.2. The molecule has 0 fully saturated rings. The molecule has 3 N–H and O–H groups in total. The minimum absolute atomic E-state index is 0.301. The third kappa shape index (κ3) is 4.41. The molecule has 6 nitrogen and oxygen atoms in total. The molecule has 0 aliphatic rings. The van der Waals surface area contributed by atoms with E-state index in [1.54, 1.807) is 0 Å². The molecule has 0 atom stereocenters. The lowest BCUT2D eigenvalue weighted by Gasteiger charge is -2.09. The number of ether oxygens (including phenoxy) is 1. The van der Waals surface area contributed by atoms with Crippen molar-refractivity contribution < 1.29 is 9.53 Å². The Kier molecular flexibility index (Phi) is 6.04. The number of nitrogens with zero attached hydrogens (tertiary/aromatic N) is 2. The Morgan fingerprint density at radius 3 is 2.38 bits per heavy atom. The van der Waals surface area contributed by atoms with Crippen molar-refractivity contribution in [2.45, 2.75) is 6.92 Å². The van der Waals surface area contributed by atoms with Crippen molar-refractivity contribution in [2.75, 3.05) is 17.7 Å². The number of nitrogens with two attached hydrogens (primary N) is 1. The fraction of sp³-hybridized carbons (Fsp3) is 0.0690. The maximum Gasteiger partial charge on any atom is 0.269 e. The van der Waals surface area contributed by atoms with Gasteiger partial charge in [0, 0.05) is 10.9 Å². The fourth-order valence-corrected chi connectivity index (χ4v) is 6.17. The minimum atomic E-state index is -0.301. The van der Waals surface area contributed by atoms with Crippen LogP contribution >= 0.6 is 22.7 Å². The molecular weight excluding hydrogens is 500 g/mol. The highest BCUT2D eigenvalue weighted by Gasteiger charge is 2.22. The summed E-state index contributed by atoms with van der Waals surface area (Å²) in [7, 11) is 0. The number of fused-ring (bicyclic) bond motifs is 2. The summed E-state index contributed by atoms with van der Waals surface area (Å²) in [5, 5.41) is 4.23. The highest BCUT2D eigenvalue weighted by atomic mass is 32.1. The van der Waals surface area contributed by atoms with Crippen LogP contribution in [0.25, 0.3) is 42.8 Å². The van der Waals surface area contributed by atoms with Gasteiger partial charge in [-0.2, -0.15) is 0 Å². The third-order valence-electron chi connectivity index (χ3n) is 5.95. The lowest BCUT2D eigenvalue weighted by Crippen LogP contribution is -2.11. The molecule has 6 rings (SSSR count). The molecule has 8 heteroatoms. The zero-order valence-electron chi connectivity index (χ0n) is 19.9. The Morgan fingerprint density at radius 1 is 0.919 bits per heavy atom. The van der Waals surface area contributed by atoms with Gasteiger partial charge in [-0.3, -0.25) is 10.1 Å². The van der Waals surface area contributed by atoms with E-state index in [-0.39, 0.29) is 5.91 Å². The van der Waals surface area contributed by atoms with Crippen molar-refractivity contribution in [3.05, 3.63) is 89.8 Å². The number of hydrogen-bond donors (Lipinski definition) is 2. The standard InChI is InChI=1S/C29H22N4O2S2/c1-2-35-19-13-14-21-23(15-19)36-29(32-21)33-27(34)26-25(30)24-20(17-9-5-3-6-10-17)16-22(31-28(24)37-26)18-11-7-4-8-12-18/h3-16H,2,30H2,1H3,(H,32,33,34). The van der Waals surface area contributed by atoms with E-state index in [9.17, 15) is 4.79 Å². The molecule has 1 amide bonds. The predicted molar refractivity (Wildman–Crippen MR) is 154 cm³/mol. The zero-order valence-corrected chi connectivity index (χ0v) is 21.5. The van der Waals surface area contributed by atoms with Crippen LogP contribution in [0.15, 0.2) is 84.9 Å². The van der Waals surface area contributed by atoms with Crippen molar-refractivity contribution in [2.24, 2.45) is 0 Å². The van der Waals surface area contributed by atoms with E-state index in [1.807, 2.05) is 91.9 Å². The molecule has 0 spiro atoms. The summed E-state index contributed by atoms with van der Waals surface area (Å²) in [4.78, 5) is 24.0. The van der Waals surface area contributed by atoms with Gasteiger partial charge >= 0.3 is 0 Å². The third-order valence-corrected chi connectivity index (χ3v) is 7.98. The van der Waals surface area contributed by atoms with Crippen molar-refractivity contribution in [3.8, 4) is 28.1 Å². The van der Waals surface area contributed by atoms with Crippen molar-refractivity contribution in [1.82, 2.24) is 9.97 Å². The van der Waals surface area contributed by atoms with Crippen LogP contribution in [-0.4, -0.2) is 22.5 Å². The highest BCUT2D eigenvalue weighted by Crippen LogP contribution is 2.41. The highest BCUT2D eigenvalue weighted by molar-refractivity contribution is 7.23. The molecule has 0 saturated heterocycles. The van der Waals surface area contributed by atoms with E-state index in [2.05, 4.69) is 10.3 Å². The number of carbonyl (C=O) groups excluding carboxylic acids is 1. The van der Waals surface area contributed by atoms with E-state index in [4.69, 9.17) is 15.5 Å². The molecule has 6 aromatic rings. The van der Waals surface area contributed by atoms with Gasteiger partial charge in [-0.05, 0) is 42.3 Å². The van der Waals surface area contributed by atoms with Gasteiger partial charge in [0.25, 0.3) is 5.91 Å². The second-order valence-corrected chi connectivity index (χ2v) is 10.4. The molecule has 0 radical (unpaired) electrons. The number of pyridine rings is 1. The Bertz CT molecular complexity index is 1740. The predicted octanol–water partition coefficient (Wildman–Crippen LogP) is 7.47. The summed E-state index contributed by atoms with van der Waals surface area (Å²) >= 11 is 2.69. The first-order chi connectivity index (χ1) is 18.1. The molecule has 0 saturated carbocycles. The van der Waals surface area contributed by atoms with E-state index >= 15 is 0 Å². The monoisotopic (exact) mass is 522 g/mol. The lowest BCUT2D eigenvalue weighted by atomic mass is 9.99. The molecule has 182 valence electrons. The van der Waals surface area contributed by atoms with E-state index in [1.165, 1.54) is 22.7 Å². The molecule has 3 aromatic carbocycles. The average molecular weight is 523 g/mol. The maximum atomic E-state index is 13.4. The Hall–Kier alpha value is -4.27. The van der Waals surface area contributed by atoms with Gasteiger partial charge in [-0.25, -0.2) is 9.97 Å². The molecule has 37 heavy (non-hydrogen) atoms. The molecule has 3 heterocycles. The largest absolute Gasteiger partial charge is 0.494 e. The van der Waals surface area contributed by atoms with Crippen molar-refractivity contribution >= 4 is 59.8 Å². The van der Waals surface area contributed by atoms with Crippen LogP contribution in [0.2, 0.25) is 0 Å². The smallest absolute Gasteiger partial charge is 0.269 e. The van der Waals surface area contributed by atoms with Gasteiger partial charge in [0.05, 0.1) is 28.2 Å². The number of amides is 1. The van der Waals surface area contributed by atoms with Crippen LogP contribution in [0.4, 0.5) is 10.8 Å². The second-order valence-electron chi connectivity index (χ2n) is 8.35. The maximum absolute atomic E-state index is 13.4. The van der Waals surface area contributed by atoms with E-state index in [0.717, 1.165) is 43.7 Å². The van der Waals surface area contributed by atoms with Crippen LogP contribution in [0, 0.1) is 0 Å². The molecular formula is C29H22N4O2S2. The number of thiophene rings is 1. The molecule has 0 bridgehead atoms. The second kappa shape index (κ2) is 9.65. The summed E-state index contributed by atoms with van der Waals surface area (Å²) in [6.45, 7) is 2.53. The van der Waals surface area contributed by atoms with Crippen LogP contribution in [0.5, 0.6) is 5.75 Å². The van der Waals surface area contributed by atoms with E-state index < -0.39 is 0 Å². The number of carbonyl (C=O) groups is 1. The van der Waals surface area contributed by atoms with Crippen LogP contribution in [0.3, 0.4) is 0 Å². The average Bonchev–Trinajstić information content (AvgIpc) is 3.49. The fourth-order valence-electron chi connectivity index (χ4n) is 4.26. The first kappa shape index (κ1) is 23.1. The molecule has 0 aliphatic heterocycles. The van der Waals surface area contributed by atoms with Crippen molar-refractivity contribution in [3.63, 3.8) is 0 Å². The lowest BCUT2D eigenvalue weighted by molar-refractivity contribution is 0.103. The summed E-state index contributed by atoms with van der Waals surface area (Å²) in [5.74, 6) is 0.476. The van der Waals surface area contributed by atoms with Crippen molar-refractivity contribution in [1.29, 1.82) is 0 Å². The van der Waals surface area contributed by atoms with Gasteiger partial charge < -0.3 is 10.5 Å². The number of aromatic nitrogens is 2. The van der Waals surface area contributed by atoms with E-state index in [0.29, 0.717) is 27.1 Å². The first-order valence-electron chi connectivity index (χ1n) is 11.8. The topological polar surface area (TPSA) is 90.1 Å². The summed E-state index contributed by atoms with van der Waals surface area (Å²) < 4.78 is 6.52. The zero-order chi connectivity index (χ0) is 25.4. The van der Waals surface area contributed by atoms with Gasteiger partial charge in [0.1, 0.15) is 15.5 Å². The quantitative estimate of drug-likeness (QED) is 0.237. The number of thiazole rings is 1. The molecule has 3 aromatic heterocycles. The number of hydrogen-bond acceptors (Lipinski definition) is 7. The number of benzene rings is 3. The SMILES string of the molecule is CCOc1ccc2nc(NC(=O)c3sc4nc(-c5ccccc5)cc(-c5ccccc5)c4c3N)sc2c1. The Morgan fingerprint density at radius 2 is 1.65 bits per heavy atom.